The van der Waals surface area contributed by atoms with Crippen LogP contribution >= 0.6 is 0 Å². The van der Waals surface area contributed by atoms with E-state index in [4.69, 9.17) is 9.73 Å². The number of amidine groups is 1. The molecule has 2 aromatic carbocycles. The van der Waals surface area contributed by atoms with Gasteiger partial charge in [-0.25, -0.2) is 4.79 Å². The van der Waals surface area contributed by atoms with Gasteiger partial charge in [0.1, 0.15) is 17.0 Å². The first-order valence-electron chi connectivity index (χ1n) is 14.5. The Morgan fingerprint density at radius 1 is 1.05 bits per heavy atom. The first kappa shape index (κ1) is 28.1. The second-order valence-electron chi connectivity index (χ2n) is 11.9. The van der Waals surface area contributed by atoms with Crippen LogP contribution in [0.4, 0.5) is 0 Å². The summed E-state index contributed by atoms with van der Waals surface area (Å²) in [6, 6.07) is 15.8. The quantitative estimate of drug-likeness (QED) is 0.318. The Balaban J connectivity index is 1.69. The van der Waals surface area contributed by atoms with E-state index in [1.165, 1.54) is 19.3 Å². The van der Waals surface area contributed by atoms with Gasteiger partial charge in [-0.15, -0.1) is 0 Å². The van der Waals surface area contributed by atoms with Crippen molar-refractivity contribution >= 4 is 17.7 Å². The third-order valence-electron chi connectivity index (χ3n) is 7.96. The molecule has 5 heteroatoms. The number of hydrogen-bond donors (Lipinski definition) is 0. The molecule has 4 rings (SSSR count). The van der Waals surface area contributed by atoms with Crippen LogP contribution in [0.3, 0.4) is 0 Å². The standard InChI is InChI=1S/C33H44N2O3/c1-6-8-19-29-34-33(7-2,26-17-13-10-14-18-26)31(37)35(29)23-24-20-21-27(25-15-11-9-12-16-25)28(22-24)30(36)38-32(3,4)5/h9,11-12,15-16,20-22,26H,6-8,10,13-14,17-19,23H2,1-5H3. The Hall–Kier alpha value is -2.95. The molecule has 0 bridgehead atoms. The van der Waals surface area contributed by atoms with E-state index in [0.717, 1.165) is 61.1 Å². The van der Waals surface area contributed by atoms with Gasteiger partial charge in [0, 0.05) is 6.42 Å². The van der Waals surface area contributed by atoms with Crippen molar-refractivity contribution in [2.45, 2.75) is 110 Å². The molecule has 2 aliphatic rings. The minimum Gasteiger partial charge on any atom is -0.456 e. The van der Waals surface area contributed by atoms with Gasteiger partial charge in [-0.2, -0.15) is 0 Å². The number of nitrogens with zero attached hydrogens (tertiary/aromatic N) is 2. The molecule has 1 amide bonds. The van der Waals surface area contributed by atoms with Crippen LogP contribution in [0.5, 0.6) is 0 Å². The highest BCUT2D eigenvalue weighted by Gasteiger charge is 2.51. The summed E-state index contributed by atoms with van der Waals surface area (Å²) < 4.78 is 5.79. The average molecular weight is 517 g/mol. The number of unbranched alkanes of at least 4 members (excludes halogenated alkanes) is 1. The van der Waals surface area contributed by atoms with Crippen molar-refractivity contribution in [3.05, 3.63) is 59.7 Å². The minimum atomic E-state index is -0.637. The summed E-state index contributed by atoms with van der Waals surface area (Å²) in [6.07, 6.45) is 9.36. The third kappa shape index (κ3) is 6.03. The molecule has 38 heavy (non-hydrogen) atoms. The molecule has 1 aliphatic carbocycles. The predicted molar refractivity (Wildman–Crippen MR) is 154 cm³/mol. The molecule has 2 aromatic rings. The fourth-order valence-electron chi connectivity index (χ4n) is 5.99. The topological polar surface area (TPSA) is 59.0 Å². The molecule has 1 unspecified atom stereocenters. The molecule has 5 nitrogen and oxygen atoms in total. The van der Waals surface area contributed by atoms with Crippen molar-refractivity contribution in [3.8, 4) is 11.1 Å². The molecule has 1 aliphatic heterocycles. The summed E-state index contributed by atoms with van der Waals surface area (Å²) in [6.45, 7) is 10.3. The lowest BCUT2D eigenvalue weighted by Crippen LogP contribution is -2.47. The molecule has 0 spiro atoms. The molecule has 1 fully saturated rings. The molecule has 0 aromatic heterocycles. The molecule has 1 saturated carbocycles. The van der Waals surface area contributed by atoms with Gasteiger partial charge in [-0.3, -0.25) is 14.7 Å². The molecule has 0 N–H and O–H groups in total. The summed E-state index contributed by atoms with van der Waals surface area (Å²) in [5.74, 6) is 1.02. The SMILES string of the molecule is CCCCC1=NC(CC)(C2CCCCC2)C(=O)N1Cc1ccc(-c2ccccc2)c(C(=O)OC(C)(C)C)c1. The zero-order valence-corrected chi connectivity index (χ0v) is 23.9. The normalized spacial score (nSPS) is 20.5. The number of benzene rings is 2. The summed E-state index contributed by atoms with van der Waals surface area (Å²) in [4.78, 5) is 34.6. The maximum Gasteiger partial charge on any atom is 0.339 e. The van der Waals surface area contributed by atoms with E-state index in [0.29, 0.717) is 18.0 Å². The Morgan fingerprint density at radius 2 is 1.76 bits per heavy atom. The zero-order valence-electron chi connectivity index (χ0n) is 23.9. The van der Waals surface area contributed by atoms with Crippen LogP contribution in [-0.2, 0) is 16.1 Å². The first-order valence-corrected chi connectivity index (χ1v) is 14.5. The Kier molecular flexibility index (Phi) is 8.74. The Labute approximate surface area is 228 Å². The van der Waals surface area contributed by atoms with Crippen LogP contribution in [0, 0.1) is 5.92 Å². The Morgan fingerprint density at radius 3 is 2.39 bits per heavy atom. The monoisotopic (exact) mass is 516 g/mol. The highest BCUT2D eigenvalue weighted by molar-refractivity contribution is 6.08. The van der Waals surface area contributed by atoms with Crippen molar-refractivity contribution < 1.29 is 14.3 Å². The number of hydrogen-bond acceptors (Lipinski definition) is 4. The van der Waals surface area contributed by atoms with Gasteiger partial charge in [0.25, 0.3) is 5.91 Å². The number of rotatable bonds is 9. The number of aliphatic imine (C=N–C) groups is 1. The maximum atomic E-state index is 14.2. The molecule has 0 saturated heterocycles. The third-order valence-corrected chi connectivity index (χ3v) is 7.96. The average Bonchev–Trinajstić information content (AvgIpc) is 3.18. The van der Waals surface area contributed by atoms with Crippen molar-refractivity contribution in [3.63, 3.8) is 0 Å². The van der Waals surface area contributed by atoms with E-state index < -0.39 is 11.1 Å². The zero-order chi connectivity index (χ0) is 27.3. The van der Waals surface area contributed by atoms with E-state index in [9.17, 15) is 9.59 Å². The number of esters is 1. The molecular weight excluding hydrogens is 472 g/mol. The van der Waals surface area contributed by atoms with Gasteiger partial charge < -0.3 is 4.74 Å². The lowest BCUT2D eigenvalue weighted by atomic mass is 9.73. The maximum absolute atomic E-state index is 14.2. The summed E-state index contributed by atoms with van der Waals surface area (Å²) in [5.41, 5.74) is 2.00. The van der Waals surface area contributed by atoms with Gasteiger partial charge in [0.05, 0.1) is 12.1 Å². The van der Waals surface area contributed by atoms with Crippen LogP contribution in [0.25, 0.3) is 11.1 Å². The van der Waals surface area contributed by atoms with E-state index in [-0.39, 0.29) is 11.9 Å². The fourth-order valence-corrected chi connectivity index (χ4v) is 5.99. The Bertz CT molecular complexity index is 1160. The predicted octanol–water partition coefficient (Wildman–Crippen LogP) is 7.97. The summed E-state index contributed by atoms with van der Waals surface area (Å²) in [7, 11) is 0. The molecule has 1 atom stereocenters. The van der Waals surface area contributed by atoms with Gasteiger partial charge >= 0.3 is 5.97 Å². The van der Waals surface area contributed by atoms with E-state index >= 15 is 0 Å². The molecular formula is C33H44N2O3. The lowest BCUT2D eigenvalue weighted by molar-refractivity contribution is -0.134. The van der Waals surface area contributed by atoms with Crippen LogP contribution in [0.15, 0.2) is 53.5 Å². The summed E-state index contributed by atoms with van der Waals surface area (Å²) >= 11 is 0. The second-order valence-corrected chi connectivity index (χ2v) is 11.9. The van der Waals surface area contributed by atoms with Crippen molar-refractivity contribution in [1.29, 1.82) is 0 Å². The van der Waals surface area contributed by atoms with Gasteiger partial charge in [-0.1, -0.05) is 82.0 Å². The second kappa shape index (κ2) is 11.8. The van der Waals surface area contributed by atoms with E-state index in [1.54, 1.807) is 0 Å². The largest absolute Gasteiger partial charge is 0.456 e. The van der Waals surface area contributed by atoms with Crippen LogP contribution in [0.1, 0.15) is 108 Å². The smallest absolute Gasteiger partial charge is 0.339 e. The van der Waals surface area contributed by atoms with Crippen molar-refractivity contribution in [2.24, 2.45) is 10.9 Å². The van der Waals surface area contributed by atoms with Crippen molar-refractivity contribution in [2.75, 3.05) is 0 Å². The summed E-state index contributed by atoms with van der Waals surface area (Å²) in [5, 5.41) is 0. The highest BCUT2D eigenvalue weighted by atomic mass is 16.6. The number of carbonyl (C=O) groups excluding carboxylic acids is 2. The van der Waals surface area contributed by atoms with Gasteiger partial charge in [0.15, 0.2) is 0 Å². The van der Waals surface area contributed by atoms with Crippen molar-refractivity contribution in [1.82, 2.24) is 4.90 Å². The molecule has 1 heterocycles. The highest BCUT2D eigenvalue weighted by Crippen LogP contribution is 2.43. The molecule has 0 radical (unpaired) electrons. The van der Waals surface area contributed by atoms with Crippen LogP contribution in [0.2, 0.25) is 0 Å². The lowest BCUT2D eigenvalue weighted by Gasteiger charge is -2.35. The first-order chi connectivity index (χ1) is 18.2. The van der Waals surface area contributed by atoms with Gasteiger partial charge in [-0.05, 0) is 75.1 Å². The van der Waals surface area contributed by atoms with Gasteiger partial charge in [0.2, 0.25) is 0 Å². The van der Waals surface area contributed by atoms with E-state index in [1.807, 2.05) is 74.2 Å². The minimum absolute atomic E-state index is 0.143. The van der Waals surface area contributed by atoms with Crippen LogP contribution < -0.4 is 0 Å². The van der Waals surface area contributed by atoms with E-state index in [2.05, 4.69) is 13.8 Å². The number of carbonyl (C=O) groups is 2. The van der Waals surface area contributed by atoms with Crippen LogP contribution in [-0.4, -0.2) is 33.8 Å². The molecule has 204 valence electrons. The number of amides is 1. The number of ether oxygens (including phenoxy) is 1. The fraction of sp³-hybridized carbons (Fsp3) is 0.545.